The van der Waals surface area contributed by atoms with Gasteiger partial charge in [-0.15, -0.1) is 0 Å². The van der Waals surface area contributed by atoms with Gasteiger partial charge in [0.2, 0.25) is 0 Å². The molecule has 3 aromatic carbocycles. The van der Waals surface area contributed by atoms with Crippen molar-refractivity contribution in [3.05, 3.63) is 117 Å². The molecule has 2 aromatic heterocycles. The quantitative estimate of drug-likeness (QED) is 0.0802. The maximum Gasteiger partial charge on any atom is 0.312 e. The number of halogens is 2. The zero-order valence-corrected chi connectivity index (χ0v) is 39.2. The third-order valence-corrected chi connectivity index (χ3v) is 15.2. The average molecular weight is 957 g/mol. The number of ether oxygens (including phenoxy) is 3. The van der Waals surface area contributed by atoms with Crippen LogP contribution in [0, 0.1) is 15.5 Å². The van der Waals surface area contributed by atoms with Crippen molar-refractivity contribution in [1.82, 2.24) is 24.5 Å². The van der Waals surface area contributed by atoms with Crippen molar-refractivity contribution in [2.75, 3.05) is 70.5 Å². The summed E-state index contributed by atoms with van der Waals surface area (Å²) in [6, 6.07) is 20.0. The third kappa shape index (κ3) is 10.8. The molecule has 67 heavy (non-hydrogen) atoms. The Morgan fingerprint density at radius 1 is 1.00 bits per heavy atom. The normalized spacial score (nSPS) is 20.2. The summed E-state index contributed by atoms with van der Waals surface area (Å²) in [7, 11) is -4.68. The molecule has 1 aliphatic carbocycles. The van der Waals surface area contributed by atoms with Crippen LogP contribution in [0.5, 0.6) is 17.2 Å². The maximum atomic E-state index is 15.8. The number of nitrogens with zero attached hydrogens (tertiary/aromatic N) is 5. The van der Waals surface area contributed by atoms with E-state index in [2.05, 4.69) is 55.4 Å². The second kappa shape index (κ2) is 19.2. The van der Waals surface area contributed by atoms with Crippen molar-refractivity contribution in [3.63, 3.8) is 0 Å². The highest BCUT2D eigenvalue weighted by atomic mass is 35.5. The first kappa shape index (κ1) is 46.5. The van der Waals surface area contributed by atoms with E-state index in [1.165, 1.54) is 29.0 Å². The first-order valence-electron chi connectivity index (χ1n) is 22.8. The summed E-state index contributed by atoms with van der Waals surface area (Å²) in [6.45, 7) is 10.4. The Balaban J connectivity index is 0.901. The van der Waals surface area contributed by atoms with Crippen LogP contribution >= 0.6 is 11.6 Å². The van der Waals surface area contributed by atoms with Crippen molar-refractivity contribution < 1.29 is 36.7 Å². The van der Waals surface area contributed by atoms with Gasteiger partial charge in [-0.25, -0.2) is 22.5 Å². The first-order chi connectivity index (χ1) is 32.1. The smallest absolute Gasteiger partial charge is 0.312 e. The standard InChI is InChI=1S/C49H55ClFN7O8S/c1-48(2)14-11-35(42(28-48)33-3-5-36(50)6-4-33)30-55-20-22-57(23-21-55)37-7-9-41(45(26-37)66-39-25-34-12-17-52-46(34)53-29-39)47(59)54-67(62,63)40-8-10-44(43(27-40)58(60)61)65-32-49(51)15-18-56(19-16-49)38-13-24-64-31-38/h3-10,12,17,25-27,29,38H,11,13-16,18-24,28,30-32H2,1-2H3,(H,52,53)(H,54,59). The molecule has 18 heteroatoms. The van der Waals surface area contributed by atoms with Gasteiger partial charge in [0.05, 0.1) is 28.2 Å². The Morgan fingerprint density at radius 2 is 1.78 bits per heavy atom. The van der Waals surface area contributed by atoms with E-state index < -0.39 is 43.7 Å². The minimum absolute atomic E-state index is 0.0868. The van der Waals surface area contributed by atoms with Crippen LogP contribution in [-0.4, -0.2) is 116 Å². The Morgan fingerprint density at radius 3 is 2.51 bits per heavy atom. The molecule has 9 rings (SSSR count). The molecule has 5 heterocycles. The number of piperazine rings is 1. The first-order valence-corrected chi connectivity index (χ1v) is 24.6. The number of anilines is 1. The topological polar surface area (TPSA) is 172 Å². The number of allylic oxidation sites excluding steroid dienone is 1. The van der Waals surface area contributed by atoms with Crippen LogP contribution in [0.15, 0.2) is 95.7 Å². The number of piperidine rings is 1. The Kier molecular flexibility index (Phi) is 13.3. The highest BCUT2D eigenvalue weighted by molar-refractivity contribution is 7.90. The molecule has 3 saturated heterocycles. The number of fused-ring (bicyclic) bond motifs is 1. The highest BCUT2D eigenvalue weighted by Crippen LogP contribution is 2.44. The molecule has 3 fully saturated rings. The van der Waals surface area contributed by atoms with E-state index in [1.54, 1.807) is 24.4 Å². The van der Waals surface area contributed by atoms with Gasteiger partial charge in [-0.05, 0) is 104 Å². The van der Waals surface area contributed by atoms with E-state index in [4.69, 9.17) is 25.8 Å². The number of alkyl halides is 1. The van der Waals surface area contributed by atoms with Crippen LogP contribution in [0.2, 0.25) is 5.02 Å². The summed E-state index contributed by atoms with van der Waals surface area (Å²) in [5.74, 6) is -0.886. The molecule has 15 nitrogen and oxygen atoms in total. The van der Waals surface area contributed by atoms with Crippen molar-refractivity contribution in [2.45, 2.75) is 69.0 Å². The number of nitro benzene ring substituents is 1. The van der Waals surface area contributed by atoms with Crippen LogP contribution in [0.25, 0.3) is 16.6 Å². The van der Waals surface area contributed by atoms with E-state index >= 15 is 4.39 Å². The predicted octanol–water partition coefficient (Wildman–Crippen LogP) is 8.79. The van der Waals surface area contributed by atoms with Gasteiger partial charge in [-0.3, -0.25) is 24.7 Å². The van der Waals surface area contributed by atoms with Crippen LogP contribution in [0.3, 0.4) is 0 Å². The third-order valence-electron chi connectivity index (χ3n) is 13.6. The van der Waals surface area contributed by atoms with Gasteiger partial charge in [-0.2, -0.15) is 0 Å². The Bertz CT molecular complexity index is 2780. The number of nitro groups is 1. The monoisotopic (exact) mass is 955 g/mol. The lowest BCUT2D eigenvalue weighted by Crippen LogP contribution is -2.48. The second-order valence-corrected chi connectivity index (χ2v) is 21.0. The van der Waals surface area contributed by atoms with Gasteiger partial charge in [0.1, 0.15) is 29.4 Å². The second-order valence-electron chi connectivity index (χ2n) is 18.9. The molecule has 0 bridgehead atoms. The van der Waals surface area contributed by atoms with Gasteiger partial charge in [0.25, 0.3) is 15.9 Å². The fraction of sp³-hybridized carbons (Fsp3) is 0.429. The SMILES string of the molecule is CC1(C)CCC(CN2CCN(c3ccc(C(=O)NS(=O)(=O)c4ccc(OCC5(F)CCN(C6CCOC6)CC5)c([N+](=O)[O-])c4)c(Oc4cnc5[nH]ccc5c4)c3)CC2)=C(c2ccc(Cl)cc2)C1. The number of benzene rings is 3. The number of hydrogen-bond acceptors (Lipinski definition) is 12. The molecule has 1 amide bonds. The minimum Gasteiger partial charge on any atom is -0.483 e. The summed E-state index contributed by atoms with van der Waals surface area (Å²) in [4.78, 5) is 39.2. The molecule has 0 radical (unpaired) electrons. The maximum absolute atomic E-state index is 15.8. The lowest BCUT2D eigenvalue weighted by molar-refractivity contribution is -0.386. The van der Waals surface area contributed by atoms with Crippen molar-refractivity contribution in [1.29, 1.82) is 0 Å². The van der Waals surface area contributed by atoms with Crippen molar-refractivity contribution >= 4 is 55.5 Å². The van der Waals surface area contributed by atoms with Crippen LogP contribution < -0.4 is 19.1 Å². The van der Waals surface area contributed by atoms with E-state index in [1.807, 2.05) is 18.2 Å². The molecule has 3 aliphatic heterocycles. The molecule has 354 valence electrons. The summed E-state index contributed by atoms with van der Waals surface area (Å²) in [5, 5.41) is 13.7. The van der Waals surface area contributed by atoms with E-state index in [9.17, 15) is 23.3 Å². The van der Waals surface area contributed by atoms with E-state index in [0.29, 0.717) is 50.8 Å². The molecule has 2 N–H and O–H groups in total. The van der Waals surface area contributed by atoms with Crippen LogP contribution in [0.1, 0.15) is 68.3 Å². The summed E-state index contributed by atoms with van der Waals surface area (Å²) < 4.78 is 62.9. The van der Waals surface area contributed by atoms with Crippen molar-refractivity contribution in [2.24, 2.45) is 5.41 Å². The lowest BCUT2D eigenvalue weighted by Gasteiger charge is -2.39. The average Bonchev–Trinajstić information content (AvgIpc) is 4.03. The number of aromatic amines is 1. The number of amides is 1. The highest BCUT2D eigenvalue weighted by Gasteiger charge is 2.39. The molecule has 1 atom stereocenters. The number of rotatable bonds is 14. The molecule has 4 aliphatic rings. The number of pyridine rings is 1. The van der Waals surface area contributed by atoms with Gasteiger partial charge < -0.3 is 24.1 Å². The minimum atomic E-state index is -4.68. The summed E-state index contributed by atoms with van der Waals surface area (Å²) >= 11 is 6.24. The van der Waals surface area contributed by atoms with E-state index in [0.717, 1.165) is 79.6 Å². The number of nitrogens with one attached hydrogen (secondary N) is 2. The zero-order chi connectivity index (χ0) is 46.9. The fourth-order valence-corrected chi connectivity index (χ4v) is 10.7. The van der Waals surface area contributed by atoms with Gasteiger partial charge in [-0.1, -0.05) is 43.2 Å². The number of sulfonamides is 1. The molecule has 0 saturated carbocycles. The lowest BCUT2D eigenvalue weighted by atomic mass is 9.72. The van der Waals surface area contributed by atoms with Crippen LogP contribution in [0.4, 0.5) is 15.8 Å². The fourth-order valence-electron chi connectivity index (χ4n) is 9.60. The molecular weight excluding hydrogens is 901 g/mol. The number of hydrogen-bond donors (Lipinski definition) is 2. The molecule has 5 aromatic rings. The van der Waals surface area contributed by atoms with Gasteiger partial charge in [0.15, 0.2) is 5.75 Å². The number of likely N-dealkylation sites (tertiary alicyclic amines) is 1. The number of H-pyrrole nitrogens is 1. The molecular formula is C49H55ClFN7O8S. The Hall–Kier alpha value is -5.59. The molecule has 1 unspecified atom stereocenters. The van der Waals surface area contributed by atoms with Crippen LogP contribution in [-0.2, 0) is 14.8 Å². The van der Waals surface area contributed by atoms with Gasteiger partial charge >= 0.3 is 5.69 Å². The van der Waals surface area contributed by atoms with Gasteiger partial charge in [0, 0.05) is 92.9 Å². The molecule has 0 spiro atoms. The van der Waals surface area contributed by atoms with E-state index in [-0.39, 0.29) is 41.4 Å². The number of carbonyl (C=O) groups excluding carboxylic acids is 1. The number of aromatic nitrogens is 2. The largest absolute Gasteiger partial charge is 0.483 e. The zero-order valence-electron chi connectivity index (χ0n) is 37.6. The van der Waals surface area contributed by atoms with Crippen molar-refractivity contribution in [3.8, 4) is 17.2 Å². The summed E-state index contributed by atoms with van der Waals surface area (Å²) in [6.07, 6.45) is 7.66. The summed E-state index contributed by atoms with van der Waals surface area (Å²) in [5.41, 5.74) is 3.21. The Labute approximate surface area is 394 Å². The number of carbonyl (C=O) groups is 1. The predicted molar refractivity (Wildman–Crippen MR) is 254 cm³/mol.